The third-order valence-corrected chi connectivity index (χ3v) is 9.29. The van der Waals surface area contributed by atoms with Crippen LogP contribution in [0.1, 0.15) is 39.9 Å². The Morgan fingerprint density at radius 1 is 0.744 bits per heavy atom. The lowest BCUT2D eigenvalue weighted by molar-refractivity contribution is -0.139. The first kappa shape index (κ1) is 27.3. The number of hydrogen-bond acceptors (Lipinski definition) is 5. The van der Waals surface area contributed by atoms with Gasteiger partial charge in [-0.25, -0.2) is 4.39 Å². The van der Waals surface area contributed by atoms with Crippen molar-refractivity contribution in [1.82, 2.24) is 4.90 Å². The smallest absolute Gasteiger partial charge is 0.316 e. The van der Waals surface area contributed by atoms with Crippen LogP contribution in [0.3, 0.4) is 0 Å². The van der Waals surface area contributed by atoms with Crippen molar-refractivity contribution in [2.45, 2.75) is 24.4 Å². The highest BCUT2D eigenvalue weighted by molar-refractivity contribution is 6.13. The van der Waals surface area contributed by atoms with Gasteiger partial charge in [0.15, 0.2) is 5.78 Å². The summed E-state index contributed by atoms with van der Waals surface area (Å²) in [4.78, 5) is 31.5. The van der Waals surface area contributed by atoms with Crippen molar-refractivity contribution in [1.29, 1.82) is 0 Å². The molecule has 43 heavy (non-hydrogen) atoms. The number of halogens is 1. The van der Waals surface area contributed by atoms with Gasteiger partial charge in [-0.2, -0.15) is 0 Å². The molecule has 7 rings (SSSR count). The summed E-state index contributed by atoms with van der Waals surface area (Å²) >= 11 is 0. The highest BCUT2D eigenvalue weighted by Crippen LogP contribution is 2.44. The van der Waals surface area contributed by atoms with Crippen LogP contribution in [0.25, 0.3) is 0 Å². The van der Waals surface area contributed by atoms with E-state index in [1.54, 1.807) is 6.07 Å². The van der Waals surface area contributed by atoms with Crippen molar-refractivity contribution in [3.63, 3.8) is 0 Å². The summed E-state index contributed by atoms with van der Waals surface area (Å²) in [7, 11) is 0. The minimum atomic E-state index is -1.16. The molecule has 3 aliphatic rings. The molecule has 0 aromatic heterocycles. The maximum atomic E-state index is 15.8. The standard InChI is InChI=1S/C36H34FN3O3/c37-31-22-29-32(40(28-16-17-28)24-30(34(29)41)35(42)43)23-33(31)38-18-20-39(21-19-38)36(25-10-4-1-5-11-25,26-12-6-2-7-13-26)27-14-8-3-9-15-27/h1-15,22-23,28,30H,16-21,24H2,(H,42,43). The fourth-order valence-electron chi connectivity index (χ4n) is 7.08. The summed E-state index contributed by atoms with van der Waals surface area (Å²) in [5.41, 5.74) is 4.30. The van der Waals surface area contributed by atoms with Crippen LogP contribution in [0.2, 0.25) is 0 Å². The molecule has 0 bridgehead atoms. The van der Waals surface area contributed by atoms with Crippen LogP contribution in [0.15, 0.2) is 103 Å². The van der Waals surface area contributed by atoms with E-state index in [-0.39, 0.29) is 18.2 Å². The van der Waals surface area contributed by atoms with E-state index in [0.717, 1.165) is 12.8 Å². The first-order chi connectivity index (χ1) is 21.0. The van der Waals surface area contributed by atoms with Crippen LogP contribution in [0, 0.1) is 11.7 Å². The molecule has 7 heteroatoms. The summed E-state index contributed by atoms with van der Waals surface area (Å²) in [6.45, 7) is 2.69. The number of ketones is 1. The maximum absolute atomic E-state index is 15.8. The Labute approximate surface area is 251 Å². The zero-order valence-corrected chi connectivity index (χ0v) is 23.9. The van der Waals surface area contributed by atoms with E-state index in [2.05, 4.69) is 82.6 Å². The Morgan fingerprint density at radius 2 is 1.26 bits per heavy atom. The van der Waals surface area contributed by atoms with Gasteiger partial charge in [0.05, 0.1) is 16.9 Å². The Morgan fingerprint density at radius 3 is 1.72 bits per heavy atom. The Balaban J connectivity index is 1.25. The lowest BCUT2D eigenvalue weighted by Gasteiger charge is -2.49. The van der Waals surface area contributed by atoms with Crippen LogP contribution < -0.4 is 9.80 Å². The van der Waals surface area contributed by atoms with Crippen molar-refractivity contribution in [2.75, 3.05) is 42.5 Å². The SMILES string of the molecule is O=C(O)C1CN(C2CC2)c2cc(N3CCN(C(c4ccccc4)(c4ccccc4)c4ccccc4)CC3)c(F)cc2C1=O. The lowest BCUT2D eigenvalue weighted by Crippen LogP contribution is -2.56. The number of nitrogens with zero attached hydrogens (tertiary/aromatic N) is 3. The van der Waals surface area contributed by atoms with E-state index < -0.39 is 29.0 Å². The summed E-state index contributed by atoms with van der Waals surface area (Å²) in [6, 6.07) is 35.0. The van der Waals surface area contributed by atoms with Gasteiger partial charge in [-0.15, -0.1) is 0 Å². The fraction of sp³-hybridized carbons (Fsp3) is 0.278. The van der Waals surface area contributed by atoms with E-state index in [1.165, 1.54) is 22.8 Å². The molecular formula is C36H34FN3O3. The Bertz CT molecular complexity index is 1540. The molecule has 0 amide bonds. The number of piperazine rings is 1. The highest BCUT2D eigenvalue weighted by atomic mass is 19.1. The summed E-state index contributed by atoms with van der Waals surface area (Å²) in [5.74, 6) is -3.31. The zero-order chi connectivity index (χ0) is 29.6. The number of carbonyl (C=O) groups is 2. The molecule has 2 aliphatic heterocycles. The minimum Gasteiger partial charge on any atom is -0.481 e. The highest BCUT2D eigenvalue weighted by Gasteiger charge is 2.45. The number of rotatable bonds is 7. The van der Waals surface area contributed by atoms with Gasteiger partial charge in [0.2, 0.25) is 0 Å². The molecule has 1 N–H and O–H groups in total. The molecule has 2 heterocycles. The molecular weight excluding hydrogens is 541 g/mol. The number of benzene rings is 4. The number of aliphatic carboxylic acids is 1. The van der Waals surface area contributed by atoms with Crippen LogP contribution >= 0.6 is 0 Å². The topological polar surface area (TPSA) is 64.1 Å². The van der Waals surface area contributed by atoms with Crippen molar-refractivity contribution in [3.8, 4) is 0 Å². The van der Waals surface area contributed by atoms with Gasteiger partial charge in [0.25, 0.3) is 0 Å². The zero-order valence-electron chi connectivity index (χ0n) is 23.9. The van der Waals surface area contributed by atoms with Gasteiger partial charge in [-0.3, -0.25) is 14.5 Å². The third-order valence-electron chi connectivity index (χ3n) is 9.29. The number of carboxylic acids is 1. The number of anilines is 2. The molecule has 0 spiro atoms. The molecule has 1 atom stereocenters. The summed E-state index contributed by atoms with van der Waals surface area (Å²) in [5, 5.41) is 9.67. The van der Waals surface area contributed by atoms with E-state index in [4.69, 9.17) is 0 Å². The maximum Gasteiger partial charge on any atom is 0.316 e. The molecule has 1 saturated heterocycles. The van der Waals surface area contributed by atoms with Gasteiger partial charge >= 0.3 is 5.97 Å². The van der Waals surface area contributed by atoms with E-state index in [1.807, 2.05) is 23.1 Å². The van der Waals surface area contributed by atoms with Gasteiger partial charge in [-0.05, 0) is 41.7 Å². The fourth-order valence-corrected chi connectivity index (χ4v) is 7.08. The normalized spacial score (nSPS) is 19.3. The second-order valence-corrected chi connectivity index (χ2v) is 11.7. The summed E-state index contributed by atoms with van der Waals surface area (Å²) in [6.07, 6.45) is 1.90. The third kappa shape index (κ3) is 4.68. The average Bonchev–Trinajstić information content (AvgIpc) is 3.89. The van der Waals surface area contributed by atoms with E-state index in [0.29, 0.717) is 37.6 Å². The minimum absolute atomic E-state index is 0.137. The van der Waals surface area contributed by atoms with E-state index in [9.17, 15) is 14.7 Å². The number of Topliss-reactive ketones (excluding diaryl/α,β-unsaturated/α-hetero) is 1. The van der Waals surface area contributed by atoms with Crippen molar-refractivity contribution < 1.29 is 19.1 Å². The molecule has 2 fully saturated rings. The monoisotopic (exact) mass is 575 g/mol. The van der Waals surface area contributed by atoms with Crippen LogP contribution in [-0.2, 0) is 10.3 Å². The number of fused-ring (bicyclic) bond motifs is 1. The Kier molecular flexibility index (Phi) is 6.98. The van der Waals surface area contributed by atoms with Crippen LogP contribution in [0.4, 0.5) is 15.8 Å². The first-order valence-electron chi connectivity index (χ1n) is 15.0. The van der Waals surface area contributed by atoms with E-state index >= 15 is 4.39 Å². The number of carboxylic acid groups (broad SMARTS) is 1. The molecule has 218 valence electrons. The second-order valence-electron chi connectivity index (χ2n) is 11.7. The molecule has 1 unspecified atom stereocenters. The molecule has 0 radical (unpaired) electrons. The molecule has 4 aromatic carbocycles. The largest absolute Gasteiger partial charge is 0.481 e. The van der Waals surface area contributed by atoms with Crippen molar-refractivity contribution in [2.24, 2.45) is 5.92 Å². The lowest BCUT2D eigenvalue weighted by atomic mass is 9.75. The first-order valence-corrected chi connectivity index (χ1v) is 15.0. The predicted molar refractivity (Wildman–Crippen MR) is 165 cm³/mol. The summed E-state index contributed by atoms with van der Waals surface area (Å²) < 4.78 is 15.8. The van der Waals surface area contributed by atoms with Crippen LogP contribution in [0.5, 0.6) is 0 Å². The van der Waals surface area contributed by atoms with Gasteiger partial charge in [-0.1, -0.05) is 91.0 Å². The predicted octanol–water partition coefficient (Wildman–Crippen LogP) is 5.81. The van der Waals surface area contributed by atoms with Gasteiger partial charge < -0.3 is 14.9 Å². The quantitative estimate of drug-likeness (QED) is 0.222. The van der Waals surface area contributed by atoms with Crippen LogP contribution in [-0.4, -0.2) is 60.5 Å². The van der Waals surface area contributed by atoms with Crippen molar-refractivity contribution in [3.05, 3.63) is 131 Å². The Hall–Kier alpha value is -4.49. The van der Waals surface area contributed by atoms with Gasteiger partial charge in [0.1, 0.15) is 11.7 Å². The molecule has 6 nitrogen and oxygen atoms in total. The average molecular weight is 576 g/mol. The second kappa shape index (κ2) is 11.0. The molecule has 4 aromatic rings. The molecule has 1 aliphatic carbocycles. The molecule has 1 saturated carbocycles. The number of carbonyl (C=O) groups excluding carboxylic acids is 1. The van der Waals surface area contributed by atoms with Gasteiger partial charge in [0, 0.05) is 44.3 Å². The van der Waals surface area contributed by atoms with Crippen molar-refractivity contribution >= 4 is 23.1 Å². The number of hydrogen-bond donors (Lipinski definition) is 1.